The van der Waals surface area contributed by atoms with Crippen molar-refractivity contribution in [2.24, 2.45) is 5.92 Å². The number of carbonyl (C=O) groups is 1. The first kappa shape index (κ1) is 17.3. The molecule has 0 saturated carbocycles. The molecule has 2 aliphatic heterocycles. The molecule has 2 fully saturated rings. The molecular formula is C18H28N4O2. The molecule has 1 aromatic heterocycles. The molecule has 0 spiro atoms. The first-order valence-corrected chi connectivity index (χ1v) is 9.11. The minimum Gasteiger partial charge on any atom is -0.381 e. The number of nitrogens with one attached hydrogen (secondary N) is 1. The van der Waals surface area contributed by atoms with E-state index in [1.807, 2.05) is 6.07 Å². The Bertz CT molecular complexity index is 546. The van der Waals surface area contributed by atoms with Crippen LogP contribution in [-0.2, 0) is 11.2 Å². The van der Waals surface area contributed by atoms with E-state index in [-0.39, 0.29) is 5.91 Å². The summed E-state index contributed by atoms with van der Waals surface area (Å²) in [6.07, 6.45) is 8.47. The number of hydrogen-bond acceptors (Lipinski definition) is 5. The number of aromatic nitrogens is 2. The van der Waals surface area contributed by atoms with Gasteiger partial charge < -0.3 is 15.0 Å². The normalized spacial score (nSPS) is 23.6. The van der Waals surface area contributed by atoms with E-state index in [9.17, 15) is 4.79 Å². The van der Waals surface area contributed by atoms with Crippen molar-refractivity contribution in [1.82, 2.24) is 20.2 Å². The maximum atomic E-state index is 11.7. The first-order valence-electron chi connectivity index (χ1n) is 9.11. The second-order valence-electron chi connectivity index (χ2n) is 6.85. The molecule has 24 heavy (non-hydrogen) atoms. The monoisotopic (exact) mass is 332 g/mol. The van der Waals surface area contributed by atoms with Crippen LogP contribution < -0.4 is 5.32 Å². The van der Waals surface area contributed by atoms with E-state index < -0.39 is 0 Å². The van der Waals surface area contributed by atoms with E-state index in [1.165, 1.54) is 51.5 Å². The zero-order chi connectivity index (χ0) is 16.8. The number of hydrogen-bond donors (Lipinski definition) is 1. The lowest BCUT2D eigenvalue weighted by Gasteiger charge is -2.33. The molecule has 0 aliphatic carbocycles. The molecule has 6 heteroatoms. The van der Waals surface area contributed by atoms with Crippen LogP contribution in [-0.4, -0.2) is 60.2 Å². The van der Waals surface area contributed by atoms with E-state index in [2.05, 4.69) is 20.2 Å². The van der Waals surface area contributed by atoms with Crippen LogP contribution in [0.4, 0.5) is 0 Å². The van der Waals surface area contributed by atoms with Crippen molar-refractivity contribution in [3.05, 3.63) is 23.8 Å². The third kappa shape index (κ3) is 4.51. The largest absolute Gasteiger partial charge is 0.381 e. The Balaban J connectivity index is 1.55. The molecule has 2 saturated heterocycles. The van der Waals surface area contributed by atoms with E-state index in [1.54, 1.807) is 7.05 Å². The summed E-state index contributed by atoms with van der Waals surface area (Å²) < 4.78 is 5.49. The highest BCUT2D eigenvalue weighted by molar-refractivity contribution is 5.91. The summed E-state index contributed by atoms with van der Waals surface area (Å²) in [4.78, 5) is 22.8. The summed E-state index contributed by atoms with van der Waals surface area (Å²) in [5.41, 5.74) is 1.44. The van der Waals surface area contributed by atoms with Crippen LogP contribution in [0.25, 0.3) is 0 Å². The number of likely N-dealkylation sites (tertiary alicyclic amines) is 1. The molecule has 1 atom stereocenters. The first-order chi connectivity index (χ1) is 11.8. The van der Waals surface area contributed by atoms with Crippen LogP contribution in [0.3, 0.4) is 0 Å². The summed E-state index contributed by atoms with van der Waals surface area (Å²) in [6, 6.07) is 2.54. The number of carbonyl (C=O) groups excluding carboxylic acids is 1. The van der Waals surface area contributed by atoms with E-state index >= 15 is 0 Å². The molecule has 3 heterocycles. The van der Waals surface area contributed by atoms with Gasteiger partial charge in [-0.15, -0.1) is 0 Å². The summed E-state index contributed by atoms with van der Waals surface area (Å²) in [5, 5.41) is 2.62. The van der Waals surface area contributed by atoms with Crippen LogP contribution in [0.1, 0.15) is 48.3 Å². The van der Waals surface area contributed by atoms with Crippen LogP contribution in [0, 0.1) is 5.92 Å². The molecule has 0 radical (unpaired) electrons. The number of nitrogens with zero attached hydrogens (tertiary/aromatic N) is 3. The van der Waals surface area contributed by atoms with Gasteiger partial charge in [0.15, 0.2) is 0 Å². The maximum Gasteiger partial charge on any atom is 0.269 e. The second kappa shape index (κ2) is 8.53. The van der Waals surface area contributed by atoms with Gasteiger partial charge in [0.25, 0.3) is 5.91 Å². The van der Waals surface area contributed by atoms with Crippen molar-refractivity contribution >= 4 is 5.91 Å². The van der Waals surface area contributed by atoms with E-state index in [0.717, 1.165) is 25.3 Å². The highest BCUT2D eigenvalue weighted by Gasteiger charge is 2.25. The zero-order valence-electron chi connectivity index (χ0n) is 14.5. The third-order valence-electron chi connectivity index (χ3n) is 5.27. The van der Waals surface area contributed by atoms with Gasteiger partial charge in [-0.25, -0.2) is 9.97 Å². The fourth-order valence-electron chi connectivity index (χ4n) is 3.86. The summed E-state index contributed by atoms with van der Waals surface area (Å²) in [5.74, 6) is 0.493. The molecule has 0 bridgehead atoms. The Kier molecular flexibility index (Phi) is 6.15. The van der Waals surface area contributed by atoms with Gasteiger partial charge in [-0.1, -0.05) is 0 Å². The fourth-order valence-corrected chi connectivity index (χ4v) is 3.86. The van der Waals surface area contributed by atoms with Gasteiger partial charge in [0.05, 0.1) is 0 Å². The van der Waals surface area contributed by atoms with Crippen LogP contribution in [0.15, 0.2) is 12.4 Å². The molecule has 2 aliphatic rings. The summed E-state index contributed by atoms with van der Waals surface area (Å²) >= 11 is 0. The lowest BCUT2D eigenvalue weighted by molar-refractivity contribution is 0.0349. The lowest BCUT2D eigenvalue weighted by Crippen LogP contribution is -2.40. The quantitative estimate of drug-likeness (QED) is 0.908. The highest BCUT2D eigenvalue weighted by atomic mass is 16.5. The predicted octanol–water partition coefficient (Wildman–Crippen LogP) is 1.66. The summed E-state index contributed by atoms with van der Waals surface area (Å²) in [6.45, 7) is 4.19. The molecular weight excluding hydrogens is 304 g/mol. The molecule has 132 valence electrons. The van der Waals surface area contributed by atoms with Gasteiger partial charge in [0.2, 0.25) is 0 Å². The van der Waals surface area contributed by atoms with Crippen LogP contribution >= 0.6 is 0 Å². The summed E-state index contributed by atoms with van der Waals surface area (Å²) in [7, 11) is 1.63. The van der Waals surface area contributed by atoms with Gasteiger partial charge in [0, 0.05) is 32.0 Å². The third-order valence-corrected chi connectivity index (χ3v) is 5.27. The highest BCUT2D eigenvalue weighted by Crippen LogP contribution is 2.24. The number of rotatable bonds is 4. The fraction of sp³-hybridized carbons (Fsp3) is 0.722. The van der Waals surface area contributed by atoms with Crippen LogP contribution in [0.2, 0.25) is 0 Å². The Morgan fingerprint density at radius 3 is 2.88 bits per heavy atom. The number of ether oxygens (including phenoxy) is 1. The molecule has 0 aromatic carbocycles. The maximum absolute atomic E-state index is 11.7. The van der Waals surface area contributed by atoms with E-state index in [4.69, 9.17) is 4.74 Å². The van der Waals surface area contributed by atoms with Gasteiger partial charge in [-0.3, -0.25) is 4.79 Å². The molecule has 1 unspecified atom stereocenters. The zero-order valence-corrected chi connectivity index (χ0v) is 14.5. The SMILES string of the molecule is CNC(=O)c1cc(CC2CCCN(C3CCOCC3)CC2)ncn1. The molecule has 1 aromatic rings. The average molecular weight is 332 g/mol. The topological polar surface area (TPSA) is 67.4 Å². The number of amides is 1. The van der Waals surface area contributed by atoms with Gasteiger partial charge in [-0.2, -0.15) is 0 Å². The van der Waals surface area contributed by atoms with Crippen molar-refractivity contribution in [2.45, 2.75) is 44.6 Å². The van der Waals surface area contributed by atoms with Gasteiger partial charge in [0.1, 0.15) is 12.0 Å². The van der Waals surface area contributed by atoms with Gasteiger partial charge in [-0.05, 0) is 63.6 Å². The predicted molar refractivity (Wildman–Crippen MR) is 91.9 cm³/mol. The Morgan fingerprint density at radius 2 is 2.08 bits per heavy atom. The Morgan fingerprint density at radius 1 is 1.25 bits per heavy atom. The molecule has 3 rings (SSSR count). The minimum atomic E-state index is -0.148. The van der Waals surface area contributed by atoms with E-state index in [0.29, 0.717) is 17.7 Å². The van der Waals surface area contributed by atoms with Gasteiger partial charge >= 0.3 is 0 Å². The molecule has 1 amide bonds. The Labute approximate surface area is 144 Å². The molecule has 6 nitrogen and oxygen atoms in total. The standard InChI is InChI=1S/C18H28N4O2/c1-19-18(23)17-12-15(20-13-21-17)11-14-3-2-7-22(8-4-14)16-5-9-24-10-6-16/h12-14,16H,2-11H2,1H3,(H,19,23). The van der Waals surface area contributed by atoms with Crippen molar-refractivity contribution in [1.29, 1.82) is 0 Å². The van der Waals surface area contributed by atoms with Crippen molar-refractivity contribution in [3.63, 3.8) is 0 Å². The molecule has 1 N–H and O–H groups in total. The van der Waals surface area contributed by atoms with Crippen molar-refractivity contribution in [2.75, 3.05) is 33.4 Å². The van der Waals surface area contributed by atoms with Crippen LogP contribution in [0.5, 0.6) is 0 Å². The Hall–Kier alpha value is -1.53. The average Bonchev–Trinajstić information content (AvgIpc) is 2.87. The minimum absolute atomic E-state index is 0.148. The van der Waals surface area contributed by atoms with Crippen molar-refractivity contribution < 1.29 is 9.53 Å². The lowest BCUT2D eigenvalue weighted by atomic mass is 9.95. The smallest absolute Gasteiger partial charge is 0.269 e. The van der Waals surface area contributed by atoms with Crippen molar-refractivity contribution in [3.8, 4) is 0 Å². The second-order valence-corrected chi connectivity index (χ2v) is 6.85.